The van der Waals surface area contributed by atoms with Crippen molar-refractivity contribution in [3.05, 3.63) is 0 Å². The van der Waals surface area contributed by atoms with Crippen LogP contribution in [0.3, 0.4) is 0 Å². The molecule has 0 N–H and O–H groups in total. The van der Waals surface area contributed by atoms with Crippen LogP contribution in [-0.2, 0) is 9.47 Å². The number of hydrogen-bond acceptors (Lipinski definition) is 2. The van der Waals surface area contributed by atoms with Crippen LogP contribution in [-0.4, -0.2) is 31.8 Å². The predicted octanol–water partition coefficient (Wildman–Crippen LogP) is 2.23. The van der Waals surface area contributed by atoms with E-state index in [0.29, 0.717) is 13.0 Å². The van der Waals surface area contributed by atoms with Crippen LogP contribution in [0.5, 0.6) is 0 Å². The largest absolute Gasteiger partial charge is 0.379 e. The summed E-state index contributed by atoms with van der Waals surface area (Å²) in [6.45, 7) is 1.34. The van der Waals surface area contributed by atoms with E-state index < -0.39 is 5.92 Å². The third kappa shape index (κ3) is 4.52. The van der Waals surface area contributed by atoms with E-state index in [4.69, 9.17) is 9.47 Å². The van der Waals surface area contributed by atoms with E-state index in [-0.39, 0.29) is 18.6 Å². The Morgan fingerprint density at radius 3 is 2.54 bits per heavy atom. The van der Waals surface area contributed by atoms with E-state index in [2.05, 4.69) is 0 Å². The molecule has 0 bridgehead atoms. The molecule has 0 saturated heterocycles. The Morgan fingerprint density at radius 1 is 1.38 bits per heavy atom. The summed E-state index contributed by atoms with van der Waals surface area (Å²) in [5, 5.41) is 0. The van der Waals surface area contributed by atoms with Crippen LogP contribution >= 0.6 is 0 Å². The molecule has 0 aromatic carbocycles. The fourth-order valence-electron chi connectivity index (χ4n) is 1.19. The lowest BCUT2D eigenvalue weighted by molar-refractivity contribution is -0.00303. The Bertz CT molecular complexity index is 156. The molecule has 0 heterocycles. The van der Waals surface area contributed by atoms with E-state index in [1.807, 2.05) is 0 Å². The van der Waals surface area contributed by atoms with Crippen LogP contribution in [0.15, 0.2) is 0 Å². The highest BCUT2D eigenvalue weighted by atomic mass is 19.3. The Balaban J connectivity index is 1.91. The van der Waals surface area contributed by atoms with Crippen molar-refractivity contribution in [2.75, 3.05) is 13.7 Å². The maximum Gasteiger partial charge on any atom is 0.245 e. The van der Waals surface area contributed by atoms with Crippen LogP contribution in [0.4, 0.5) is 8.78 Å². The molecule has 1 aliphatic carbocycles. The number of rotatable bonds is 6. The number of methoxy groups -OCH3 is 1. The average molecular weight is 194 g/mol. The minimum absolute atomic E-state index is 0.0998. The highest BCUT2D eigenvalue weighted by Crippen LogP contribution is 2.28. The molecule has 13 heavy (non-hydrogen) atoms. The van der Waals surface area contributed by atoms with E-state index in [9.17, 15) is 8.78 Å². The number of alkyl halides is 2. The summed E-state index contributed by atoms with van der Waals surface area (Å²) >= 11 is 0. The highest BCUT2D eigenvalue weighted by Gasteiger charge is 2.38. The van der Waals surface area contributed by atoms with Gasteiger partial charge in [-0.1, -0.05) is 0 Å². The van der Waals surface area contributed by atoms with Gasteiger partial charge in [-0.2, -0.15) is 0 Å². The van der Waals surface area contributed by atoms with Crippen molar-refractivity contribution in [1.82, 2.24) is 0 Å². The van der Waals surface area contributed by atoms with Crippen molar-refractivity contribution in [2.45, 2.75) is 44.3 Å². The fourth-order valence-corrected chi connectivity index (χ4v) is 1.19. The molecule has 1 saturated carbocycles. The molecule has 0 aromatic heterocycles. The molecular weight excluding hydrogens is 178 g/mol. The van der Waals surface area contributed by atoms with Gasteiger partial charge in [0, 0.05) is 26.6 Å². The van der Waals surface area contributed by atoms with Crippen LogP contribution < -0.4 is 0 Å². The monoisotopic (exact) mass is 194 g/mol. The third-order valence-corrected chi connectivity index (χ3v) is 2.07. The second-order valence-corrected chi connectivity index (χ2v) is 3.59. The average Bonchev–Trinajstić information content (AvgIpc) is 2.75. The van der Waals surface area contributed by atoms with Gasteiger partial charge in [0.05, 0.1) is 12.2 Å². The zero-order valence-electron chi connectivity index (χ0n) is 8.06. The zero-order valence-corrected chi connectivity index (χ0v) is 8.06. The minimum Gasteiger partial charge on any atom is -0.379 e. The van der Waals surface area contributed by atoms with Crippen LogP contribution in [0.1, 0.15) is 26.2 Å². The summed E-state index contributed by atoms with van der Waals surface area (Å²) in [6.07, 6.45) is 1.56. The lowest BCUT2D eigenvalue weighted by atomic mass is 10.2. The first-order valence-corrected chi connectivity index (χ1v) is 4.55. The van der Waals surface area contributed by atoms with Gasteiger partial charge < -0.3 is 9.47 Å². The van der Waals surface area contributed by atoms with Crippen molar-refractivity contribution in [1.29, 1.82) is 0 Å². The Hall–Kier alpha value is -0.220. The maximum absolute atomic E-state index is 12.3. The molecule has 1 aliphatic rings. The molecule has 2 nitrogen and oxygen atoms in total. The van der Waals surface area contributed by atoms with Gasteiger partial charge in [-0.15, -0.1) is 0 Å². The van der Waals surface area contributed by atoms with E-state index in [1.54, 1.807) is 7.11 Å². The Kier molecular flexibility index (Phi) is 3.62. The van der Waals surface area contributed by atoms with Crippen LogP contribution in [0.25, 0.3) is 0 Å². The van der Waals surface area contributed by atoms with E-state index >= 15 is 0 Å². The van der Waals surface area contributed by atoms with Crippen molar-refractivity contribution >= 4 is 0 Å². The Morgan fingerprint density at radius 2 is 2.08 bits per heavy atom. The first kappa shape index (κ1) is 10.9. The summed E-state index contributed by atoms with van der Waals surface area (Å²) in [5.41, 5.74) is 0. The minimum atomic E-state index is -2.56. The van der Waals surface area contributed by atoms with Crippen LogP contribution in [0.2, 0.25) is 0 Å². The van der Waals surface area contributed by atoms with Gasteiger partial charge in [-0.25, -0.2) is 8.78 Å². The molecule has 0 amide bonds. The smallest absolute Gasteiger partial charge is 0.245 e. The van der Waals surface area contributed by atoms with Gasteiger partial charge in [0.15, 0.2) is 0 Å². The topological polar surface area (TPSA) is 18.5 Å². The zero-order chi connectivity index (χ0) is 9.90. The van der Waals surface area contributed by atoms with Gasteiger partial charge in [-0.3, -0.25) is 0 Å². The summed E-state index contributed by atoms with van der Waals surface area (Å²) in [5.74, 6) is -2.56. The quantitative estimate of drug-likeness (QED) is 0.603. The van der Waals surface area contributed by atoms with Crippen molar-refractivity contribution < 1.29 is 18.3 Å². The molecule has 0 aliphatic heterocycles. The number of hydrogen-bond donors (Lipinski definition) is 0. The number of ether oxygens (including phenoxy) is 2. The lowest BCUT2D eigenvalue weighted by Gasteiger charge is -2.09. The lowest BCUT2D eigenvalue weighted by Crippen LogP contribution is -2.11. The SMILES string of the molecule is COC1CC1OCCCC(C)(F)F. The van der Waals surface area contributed by atoms with E-state index in [0.717, 1.165) is 13.3 Å². The third-order valence-electron chi connectivity index (χ3n) is 2.07. The summed E-state index contributed by atoms with van der Waals surface area (Å²) in [4.78, 5) is 0. The molecule has 4 heteroatoms. The van der Waals surface area contributed by atoms with Crippen molar-refractivity contribution in [3.8, 4) is 0 Å². The van der Waals surface area contributed by atoms with Crippen LogP contribution in [0, 0.1) is 0 Å². The van der Waals surface area contributed by atoms with Gasteiger partial charge >= 0.3 is 0 Å². The normalized spacial score (nSPS) is 27.7. The molecule has 1 rings (SSSR count). The molecule has 78 valence electrons. The number of halogens is 2. The van der Waals surface area contributed by atoms with E-state index in [1.165, 1.54) is 0 Å². The fraction of sp³-hybridized carbons (Fsp3) is 1.00. The predicted molar refractivity (Wildman–Crippen MR) is 45.0 cm³/mol. The molecule has 0 radical (unpaired) electrons. The first-order valence-electron chi connectivity index (χ1n) is 4.55. The maximum atomic E-state index is 12.3. The molecule has 2 atom stereocenters. The Labute approximate surface area is 77.2 Å². The standard InChI is InChI=1S/C9H16F2O2/c1-9(10,11)4-3-5-13-8-6-7(8)12-2/h7-8H,3-6H2,1-2H3. The van der Waals surface area contributed by atoms with Crippen molar-refractivity contribution in [3.63, 3.8) is 0 Å². The van der Waals surface area contributed by atoms with Crippen molar-refractivity contribution in [2.24, 2.45) is 0 Å². The first-order chi connectivity index (χ1) is 6.03. The summed E-state index contributed by atoms with van der Waals surface area (Å²) < 4.78 is 34.9. The molecule has 0 aromatic rings. The van der Waals surface area contributed by atoms with Gasteiger partial charge in [0.1, 0.15) is 0 Å². The molecule has 1 fully saturated rings. The summed E-state index contributed by atoms with van der Waals surface area (Å²) in [7, 11) is 1.63. The second-order valence-electron chi connectivity index (χ2n) is 3.59. The highest BCUT2D eigenvalue weighted by molar-refractivity contribution is 4.88. The summed E-state index contributed by atoms with van der Waals surface area (Å²) in [6, 6.07) is 0. The second kappa shape index (κ2) is 4.33. The molecule has 0 spiro atoms. The van der Waals surface area contributed by atoms with Gasteiger partial charge in [0.25, 0.3) is 0 Å². The molecule has 2 unspecified atom stereocenters. The van der Waals surface area contributed by atoms with Gasteiger partial charge in [0.2, 0.25) is 5.92 Å². The molecular formula is C9H16F2O2. The van der Waals surface area contributed by atoms with Gasteiger partial charge in [-0.05, 0) is 13.3 Å².